The molecule has 0 saturated carbocycles. The van der Waals surface area contributed by atoms with E-state index in [0.717, 1.165) is 18.7 Å². The summed E-state index contributed by atoms with van der Waals surface area (Å²) in [7, 11) is 0. The van der Waals surface area contributed by atoms with E-state index in [2.05, 4.69) is 11.9 Å². The molecule has 0 aromatic carbocycles. The van der Waals surface area contributed by atoms with Crippen molar-refractivity contribution in [3.05, 3.63) is 12.2 Å². The third-order valence-electron chi connectivity index (χ3n) is 1.82. The number of hydrogen-bond donors (Lipinski definition) is 1. The van der Waals surface area contributed by atoms with E-state index in [1.54, 1.807) is 0 Å². The average Bonchev–Trinajstić information content (AvgIpc) is 2.03. The van der Waals surface area contributed by atoms with E-state index in [4.69, 9.17) is 4.74 Å². The van der Waals surface area contributed by atoms with Crippen LogP contribution in [0.15, 0.2) is 12.2 Å². The molecule has 1 aliphatic rings. The Balaban J connectivity index is 2.09. The number of nitrogens with one attached hydrogen (secondary N) is 1. The zero-order valence-electron chi connectivity index (χ0n) is 7.23. The van der Waals surface area contributed by atoms with Crippen LogP contribution in [0.2, 0.25) is 0 Å². The molecular weight excluding hydrogens is 138 g/mol. The number of rotatable bonds is 3. The van der Waals surface area contributed by atoms with Gasteiger partial charge in [-0.05, 0) is 26.3 Å². The highest BCUT2D eigenvalue weighted by molar-refractivity contribution is 4.88. The number of hydrogen-bond acceptors (Lipinski definition) is 2. The summed E-state index contributed by atoms with van der Waals surface area (Å²) in [6, 6.07) is 0. The summed E-state index contributed by atoms with van der Waals surface area (Å²) in [6.07, 6.45) is 2.85. The van der Waals surface area contributed by atoms with Gasteiger partial charge < -0.3 is 10.1 Å². The van der Waals surface area contributed by atoms with Crippen LogP contribution in [0.25, 0.3) is 0 Å². The lowest BCUT2D eigenvalue weighted by molar-refractivity contribution is 0.0519. The second kappa shape index (κ2) is 4.52. The minimum absolute atomic E-state index is 0.417. The molecule has 2 nitrogen and oxygen atoms in total. The highest BCUT2D eigenvalue weighted by atomic mass is 16.5. The molecule has 0 bridgehead atoms. The van der Waals surface area contributed by atoms with Crippen LogP contribution < -0.4 is 5.32 Å². The van der Waals surface area contributed by atoms with Gasteiger partial charge in [-0.15, -0.1) is 0 Å². The molecule has 1 fully saturated rings. The molecule has 64 valence electrons. The molecular formula is C9H17NO. The van der Waals surface area contributed by atoms with Crippen molar-refractivity contribution in [1.29, 1.82) is 0 Å². The first-order chi connectivity index (χ1) is 5.29. The number of ether oxygens (including phenoxy) is 1. The van der Waals surface area contributed by atoms with Crippen LogP contribution in [0.1, 0.15) is 19.8 Å². The Morgan fingerprint density at radius 3 is 3.09 bits per heavy atom. The van der Waals surface area contributed by atoms with Crippen molar-refractivity contribution >= 4 is 0 Å². The predicted molar refractivity (Wildman–Crippen MR) is 46.7 cm³/mol. The molecule has 1 aliphatic heterocycles. The van der Waals surface area contributed by atoms with Gasteiger partial charge in [-0.3, -0.25) is 0 Å². The van der Waals surface area contributed by atoms with Gasteiger partial charge in [-0.1, -0.05) is 12.2 Å². The molecule has 0 spiro atoms. The van der Waals surface area contributed by atoms with Gasteiger partial charge in [0.2, 0.25) is 0 Å². The molecule has 1 saturated heterocycles. The molecule has 11 heavy (non-hydrogen) atoms. The maximum atomic E-state index is 5.58. The van der Waals surface area contributed by atoms with Crippen LogP contribution in [-0.2, 0) is 4.74 Å². The van der Waals surface area contributed by atoms with Gasteiger partial charge in [0.15, 0.2) is 0 Å². The summed E-state index contributed by atoms with van der Waals surface area (Å²) in [5, 5.41) is 3.30. The molecule has 1 unspecified atom stereocenters. The first kappa shape index (κ1) is 8.75. The van der Waals surface area contributed by atoms with Crippen LogP contribution in [-0.4, -0.2) is 25.8 Å². The molecule has 0 aromatic rings. The van der Waals surface area contributed by atoms with Crippen LogP contribution in [0.3, 0.4) is 0 Å². The van der Waals surface area contributed by atoms with E-state index in [1.165, 1.54) is 12.8 Å². The summed E-state index contributed by atoms with van der Waals surface area (Å²) < 4.78 is 5.58. The van der Waals surface area contributed by atoms with Crippen molar-refractivity contribution in [2.24, 2.45) is 0 Å². The fraction of sp³-hybridized carbons (Fsp3) is 0.778. The van der Waals surface area contributed by atoms with Gasteiger partial charge >= 0.3 is 0 Å². The maximum absolute atomic E-state index is 5.58. The molecule has 0 amide bonds. The highest BCUT2D eigenvalue weighted by Crippen LogP contribution is 2.06. The molecule has 1 atom stereocenters. The van der Waals surface area contributed by atoms with Gasteiger partial charge in [0.1, 0.15) is 0 Å². The summed E-state index contributed by atoms with van der Waals surface area (Å²) in [5.41, 5.74) is 1.11. The quantitative estimate of drug-likeness (QED) is 0.621. The van der Waals surface area contributed by atoms with Crippen molar-refractivity contribution < 1.29 is 4.74 Å². The minimum Gasteiger partial charge on any atom is -0.373 e. The van der Waals surface area contributed by atoms with E-state index < -0.39 is 0 Å². The topological polar surface area (TPSA) is 21.3 Å². The lowest BCUT2D eigenvalue weighted by Gasteiger charge is -2.22. The molecule has 0 aliphatic carbocycles. The van der Waals surface area contributed by atoms with Crippen molar-refractivity contribution in [2.75, 3.05) is 19.7 Å². The summed E-state index contributed by atoms with van der Waals surface area (Å²) in [4.78, 5) is 0. The monoisotopic (exact) mass is 155 g/mol. The predicted octanol–water partition coefficient (Wildman–Crippen LogP) is 1.33. The van der Waals surface area contributed by atoms with E-state index >= 15 is 0 Å². The van der Waals surface area contributed by atoms with E-state index in [1.807, 2.05) is 6.92 Å². The van der Waals surface area contributed by atoms with E-state index in [-0.39, 0.29) is 0 Å². The molecule has 2 heteroatoms. The highest BCUT2D eigenvalue weighted by Gasteiger charge is 2.12. The zero-order valence-corrected chi connectivity index (χ0v) is 7.23. The molecule has 0 radical (unpaired) electrons. The molecule has 1 heterocycles. The average molecular weight is 155 g/mol. The number of piperidine rings is 1. The third-order valence-corrected chi connectivity index (χ3v) is 1.82. The Kier molecular flexibility index (Phi) is 3.60. The van der Waals surface area contributed by atoms with Crippen LogP contribution in [0.4, 0.5) is 0 Å². The zero-order chi connectivity index (χ0) is 8.10. The molecule has 1 N–H and O–H groups in total. The maximum Gasteiger partial charge on any atom is 0.0704 e. The lowest BCUT2D eigenvalue weighted by atomic mass is 10.1. The molecule has 0 aromatic heterocycles. The minimum atomic E-state index is 0.417. The normalized spacial score (nSPS) is 25.0. The fourth-order valence-corrected chi connectivity index (χ4v) is 1.22. The standard InChI is InChI=1S/C9H17NO/c1-8(2)7-11-9-4-3-5-10-6-9/h9-10H,1,3-7H2,2H3. The first-order valence-electron chi connectivity index (χ1n) is 4.26. The molecule has 1 rings (SSSR count). The van der Waals surface area contributed by atoms with E-state index in [0.29, 0.717) is 12.7 Å². The van der Waals surface area contributed by atoms with Crippen molar-refractivity contribution in [3.8, 4) is 0 Å². The second-order valence-corrected chi connectivity index (χ2v) is 3.24. The third kappa shape index (κ3) is 3.54. The van der Waals surface area contributed by atoms with Crippen molar-refractivity contribution in [2.45, 2.75) is 25.9 Å². The summed E-state index contributed by atoms with van der Waals surface area (Å²) >= 11 is 0. The lowest BCUT2D eigenvalue weighted by Crippen LogP contribution is -2.35. The van der Waals surface area contributed by atoms with Gasteiger partial charge in [-0.2, -0.15) is 0 Å². The summed E-state index contributed by atoms with van der Waals surface area (Å²) in [6.45, 7) is 8.66. The Morgan fingerprint density at radius 1 is 1.73 bits per heavy atom. The van der Waals surface area contributed by atoms with Crippen LogP contribution >= 0.6 is 0 Å². The van der Waals surface area contributed by atoms with Crippen LogP contribution in [0.5, 0.6) is 0 Å². The van der Waals surface area contributed by atoms with Crippen LogP contribution in [0, 0.1) is 0 Å². The fourth-order valence-electron chi connectivity index (χ4n) is 1.22. The first-order valence-corrected chi connectivity index (χ1v) is 4.26. The Bertz CT molecular complexity index is 128. The SMILES string of the molecule is C=C(C)COC1CCCNC1. The van der Waals surface area contributed by atoms with Crippen molar-refractivity contribution in [3.63, 3.8) is 0 Å². The largest absolute Gasteiger partial charge is 0.373 e. The van der Waals surface area contributed by atoms with E-state index in [9.17, 15) is 0 Å². The Hall–Kier alpha value is -0.340. The van der Waals surface area contributed by atoms with Gasteiger partial charge in [0.25, 0.3) is 0 Å². The Morgan fingerprint density at radius 2 is 2.55 bits per heavy atom. The van der Waals surface area contributed by atoms with Crippen molar-refractivity contribution in [1.82, 2.24) is 5.32 Å². The smallest absolute Gasteiger partial charge is 0.0704 e. The van der Waals surface area contributed by atoms with Gasteiger partial charge in [-0.25, -0.2) is 0 Å². The van der Waals surface area contributed by atoms with Gasteiger partial charge in [0.05, 0.1) is 12.7 Å². The second-order valence-electron chi connectivity index (χ2n) is 3.24. The summed E-state index contributed by atoms with van der Waals surface area (Å²) in [5.74, 6) is 0. The Labute approximate surface area is 68.6 Å². The van der Waals surface area contributed by atoms with Gasteiger partial charge in [0, 0.05) is 6.54 Å².